The van der Waals surface area contributed by atoms with Crippen molar-refractivity contribution in [1.29, 1.82) is 0 Å². The molecule has 0 fully saturated rings. The van der Waals surface area contributed by atoms with Crippen LogP contribution < -0.4 is 0 Å². The van der Waals surface area contributed by atoms with Crippen molar-refractivity contribution in [3.8, 4) is 0 Å². The first kappa shape index (κ1) is 12.1. The van der Waals surface area contributed by atoms with Gasteiger partial charge in [0.2, 0.25) is 0 Å². The van der Waals surface area contributed by atoms with Crippen LogP contribution in [0.3, 0.4) is 0 Å². The lowest BCUT2D eigenvalue weighted by molar-refractivity contribution is -0.115. The van der Waals surface area contributed by atoms with E-state index in [2.05, 4.69) is 31.1 Å². The van der Waals surface area contributed by atoms with E-state index in [-0.39, 0.29) is 5.78 Å². The Kier molecular flexibility index (Phi) is 3.75. The summed E-state index contributed by atoms with van der Waals surface area (Å²) in [7, 11) is 4.16. The molecule has 1 aliphatic rings. The maximum absolute atomic E-state index is 11.6. The van der Waals surface area contributed by atoms with E-state index in [0.717, 1.165) is 13.0 Å². The van der Waals surface area contributed by atoms with Crippen LogP contribution in [0.1, 0.15) is 18.4 Å². The summed E-state index contributed by atoms with van der Waals surface area (Å²) in [6, 6.07) is 10.2. The molecule has 0 spiro atoms. The van der Waals surface area contributed by atoms with Gasteiger partial charge in [0.15, 0.2) is 5.78 Å². The van der Waals surface area contributed by atoms with Crippen molar-refractivity contribution < 1.29 is 4.79 Å². The molecule has 0 bridgehead atoms. The SMILES string of the molecule is CN(C)CC1CCC(=O)C=C1c1ccccc1. The summed E-state index contributed by atoms with van der Waals surface area (Å²) in [6.07, 6.45) is 3.50. The summed E-state index contributed by atoms with van der Waals surface area (Å²) in [6.45, 7) is 1.01. The summed E-state index contributed by atoms with van der Waals surface area (Å²) in [5, 5.41) is 0. The van der Waals surface area contributed by atoms with E-state index >= 15 is 0 Å². The van der Waals surface area contributed by atoms with Crippen molar-refractivity contribution in [3.63, 3.8) is 0 Å². The second kappa shape index (κ2) is 5.28. The van der Waals surface area contributed by atoms with Gasteiger partial charge < -0.3 is 4.90 Å². The van der Waals surface area contributed by atoms with Crippen molar-refractivity contribution in [2.45, 2.75) is 12.8 Å². The second-order valence-electron chi connectivity index (χ2n) is 4.93. The van der Waals surface area contributed by atoms with Crippen LogP contribution in [0.4, 0.5) is 0 Å². The fraction of sp³-hybridized carbons (Fsp3) is 0.400. The Morgan fingerprint density at radius 2 is 1.94 bits per heavy atom. The molecule has 2 heteroatoms. The van der Waals surface area contributed by atoms with Crippen molar-refractivity contribution in [3.05, 3.63) is 42.0 Å². The molecule has 0 amide bonds. The minimum absolute atomic E-state index is 0.263. The van der Waals surface area contributed by atoms with E-state index in [0.29, 0.717) is 12.3 Å². The maximum atomic E-state index is 11.6. The van der Waals surface area contributed by atoms with Crippen LogP contribution in [0.15, 0.2) is 36.4 Å². The Bertz CT molecular complexity index is 420. The Labute approximate surface area is 103 Å². The Hall–Kier alpha value is -1.41. The quantitative estimate of drug-likeness (QED) is 0.794. The molecule has 0 aliphatic heterocycles. The summed E-state index contributed by atoms with van der Waals surface area (Å²) in [5.41, 5.74) is 2.39. The monoisotopic (exact) mass is 229 g/mol. The molecular formula is C15H19NO. The summed E-state index contributed by atoms with van der Waals surface area (Å²) < 4.78 is 0. The summed E-state index contributed by atoms with van der Waals surface area (Å²) in [5.74, 6) is 0.740. The topological polar surface area (TPSA) is 20.3 Å². The number of ketones is 1. The lowest BCUT2D eigenvalue weighted by Crippen LogP contribution is -2.25. The molecule has 0 heterocycles. The van der Waals surface area contributed by atoms with Gasteiger partial charge >= 0.3 is 0 Å². The smallest absolute Gasteiger partial charge is 0.156 e. The number of rotatable bonds is 3. The van der Waals surface area contributed by atoms with Crippen LogP contribution in [0.2, 0.25) is 0 Å². The van der Waals surface area contributed by atoms with Crippen LogP contribution in [-0.2, 0) is 4.79 Å². The van der Waals surface area contributed by atoms with Gasteiger partial charge in [-0.2, -0.15) is 0 Å². The molecule has 2 nitrogen and oxygen atoms in total. The van der Waals surface area contributed by atoms with Crippen LogP contribution >= 0.6 is 0 Å². The molecule has 0 radical (unpaired) electrons. The molecule has 17 heavy (non-hydrogen) atoms. The number of carbonyl (C=O) groups is 1. The highest BCUT2D eigenvalue weighted by Gasteiger charge is 2.22. The average Bonchev–Trinajstić information content (AvgIpc) is 2.32. The Morgan fingerprint density at radius 3 is 2.59 bits per heavy atom. The van der Waals surface area contributed by atoms with Gasteiger partial charge in [-0.3, -0.25) is 4.79 Å². The van der Waals surface area contributed by atoms with Gasteiger partial charge in [-0.1, -0.05) is 30.3 Å². The lowest BCUT2D eigenvalue weighted by atomic mass is 9.83. The Balaban J connectivity index is 2.29. The van der Waals surface area contributed by atoms with Gasteiger partial charge in [-0.15, -0.1) is 0 Å². The van der Waals surface area contributed by atoms with Crippen molar-refractivity contribution in [2.75, 3.05) is 20.6 Å². The number of hydrogen-bond donors (Lipinski definition) is 0. The highest BCUT2D eigenvalue weighted by atomic mass is 16.1. The number of nitrogens with zero attached hydrogens (tertiary/aromatic N) is 1. The standard InChI is InChI=1S/C15H19NO/c1-16(2)11-13-8-9-14(17)10-15(13)12-6-4-3-5-7-12/h3-7,10,13H,8-9,11H2,1-2H3. The van der Waals surface area contributed by atoms with Gasteiger partial charge in [0.25, 0.3) is 0 Å². The van der Waals surface area contributed by atoms with Gasteiger partial charge in [0.05, 0.1) is 0 Å². The van der Waals surface area contributed by atoms with Crippen LogP contribution in [0.25, 0.3) is 5.57 Å². The zero-order chi connectivity index (χ0) is 12.3. The molecule has 0 N–H and O–H groups in total. The molecule has 1 aromatic rings. The summed E-state index contributed by atoms with van der Waals surface area (Å²) in [4.78, 5) is 13.8. The van der Waals surface area contributed by atoms with E-state index in [4.69, 9.17) is 0 Å². The van der Waals surface area contributed by atoms with E-state index in [1.165, 1.54) is 11.1 Å². The van der Waals surface area contributed by atoms with Gasteiger partial charge in [-0.05, 0) is 43.6 Å². The predicted octanol–water partition coefficient (Wildman–Crippen LogP) is 2.61. The normalized spacial score (nSPS) is 20.5. The number of allylic oxidation sites excluding steroid dienone is 1. The molecule has 0 aromatic heterocycles. The number of hydrogen-bond acceptors (Lipinski definition) is 2. The third kappa shape index (κ3) is 3.04. The van der Waals surface area contributed by atoms with Gasteiger partial charge in [0.1, 0.15) is 0 Å². The zero-order valence-corrected chi connectivity index (χ0v) is 10.5. The molecule has 1 aromatic carbocycles. The fourth-order valence-corrected chi connectivity index (χ4v) is 2.42. The molecular weight excluding hydrogens is 210 g/mol. The van der Waals surface area contributed by atoms with Crippen molar-refractivity contribution in [1.82, 2.24) is 4.90 Å². The first-order valence-corrected chi connectivity index (χ1v) is 6.11. The molecule has 0 saturated heterocycles. The Morgan fingerprint density at radius 1 is 1.24 bits per heavy atom. The molecule has 0 saturated carbocycles. The fourth-order valence-electron chi connectivity index (χ4n) is 2.42. The van der Waals surface area contributed by atoms with E-state index in [1.54, 1.807) is 0 Å². The van der Waals surface area contributed by atoms with Gasteiger partial charge in [-0.25, -0.2) is 0 Å². The van der Waals surface area contributed by atoms with Gasteiger partial charge in [0, 0.05) is 13.0 Å². The molecule has 2 rings (SSSR count). The maximum Gasteiger partial charge on any atom is 0.156 e. The van der Waals surface area contributed by atoms with E-state index in [9.17, 15) is 4.79 Å². The highest BCUT2D eigenvalue weighted by molar-refractivity contribution is 5.98. The molecule has 1 atom stereocenters. The van der Waals surface area contributed by atoms with Crippen molar-refractivity contribution in [2.24, 2.45) is 5.92 Å². The van der Waals surface area contributed by atoms with Crippen LogP contribution in [-0.4, -0.2) is 31.3 Å². The minimum Gasteiger partial charge on any atom is -0.309 e. The summed E-state index contributed by atoms with van der Waals surface area (Å²) >= 11 is 0. The zero-order valence-electron chi connectivity index (χ0n) is 10.5. The second-order valence-corrected chi connectivity index (χ2v) is 4.93. The van der Waals surface area contributed by atoms with E-state index in [1.807, 2.05) is 24.3 Å². The minimum atomic E-state index is 0.263. The number of benzene rings is 1. The first-order chi connectivity index (χ1) is 8.16. The van der Waals surface area contributed by atoms with Crippen LogP contribution in [0.5, 0.6) is 0 Å². The largest absolute Gasteiger partial charge is 0.309 e. The molecule has 1 unspecified atom stereocenters. The first-order valence-electron chi connectivity index (χ1n) is 6.11. The third-order valence-corrected chi connectivity index (χ3v) is 3.19. The number of carbonyl (C=O) groups excluding carboxylic acids is 1. The van der Waals surface area contributed by atoms with Crippen molar-refractivity contribution >= 4 is 11.4 Å². The average molecular weight is 229 g/mol. The molecule has 90 valence electrons. The third-order valence-electron chi connectivity index (χ3n) is 3.19. The van der Waals surface area contributed by atoms with Crippen LogP contribution in [0, 0.1) is 5.92 Å². The highest BCUT2D eigenvalue weighted by Crippen LogP contribution is 2.31. The molecule has 1 aliphatic carbocycles. The predicted molar refractivity (Wildman–Crippen MR) is 70.7 cm³/mol. The van der Waals surface area contributed by atoms with E-state index < -0.39 is 0 Å². The lowest BCUT2D eigenvalue weighted by Gasteiger charge is -2.26.